The highest BCUT2D eigenvalue weighted by Crippen LogP contribution is 2.34. The van der Waals surface area contributed by atoms with Gasteiger partial charge in [-0.2, -0.15) is 0 Å². The van der Waals surface area contributed by atoms with E-state index in [0.29, 0.717) is 0 Å². The lowest BCUT2D eigenvalue weighted by Gasteiger charge is -2.40. The van der Waals surface area contributed by atoms with Gasteiger partial charge in [0.2, 0.25) is 0 Å². The van der Waals surface area contributed by atoms with Crippen molar-refractivity contribution in [3.05, 3.63) is 12.2 Å². The Morgan fingerprint density at radius 2 is 1.90 bits per heavy atom. The van der Waals surface area contributed by atoms with Crippen LogP contribution >= 0.6 is 0 Å². The fourth-order valence-corrected chi connectivity index (χ4v) is 3.15. The summed E-state index contributed by atoms with van der Waals surface area (Å²) in [7, 11) is 2.80. The molecule has 0 aromatic heterocycles. The highest BCUT2D eigenvalue weighted by Gasteiger charge is 2.50. The molecule has 0 aromatic carbocycles. The van der Waals surface area contributed by atoms with Gasteiger partial charge in [0.15, 0.2) is 0 Å². The maximum absolute atomic E-state index is 13.0. The molecule has 0 aliphatic carbocycles. The predicted molar refractivity (Wildman–Crippen MR) is 106 cm³/mol. The van der Waals surface area contributed by atoms with Crippen LogP contribution in [0.4, 0.5) is 9.59 Å². The first-order valence-electron chi connectivity index (χ1n) is 9.57. The summed E-state index contributed by atoms with van der Waals surface area (Å²) in [6.07, 6.45) is -1.08. The van der Waals surface area contributed by atoms with Crippen molar-refractivity contribution in [2.45, 2.75) is 71.4 Å². The van der Waals surface area contributed by atoms with Crippen molar-refractivity contribution in [1.29, 1.82) is 0 Å². The van der Waals surface area contributed by atoms with E-state index in [4.69, 9.17) is 18.9 Å². The van der Waals surface area contributed by atoms with Crippen LogP contribution in [0.2, 0.25) is 0 Å². The smallest absolute Gasteiger partial charge is 0.412 e. The maximum atomic E-state index is 13.0. The van der Waals surface area contributed by atoms with Gasteiger partial charge in [0, 0.05) is 19.0 Å². The number of ether oxygens (including phenoxy) is 4. The molecule has 9 nitrogen and oxygen atoms in total. The van der Waals surface area contributed by atoms with Crippen molar-refractivity contribution >= 4 is 18.2 Å². The van der Waals surface area contributed by atoms with Crippen LogP contribution < -0.4 is 0 Å². The second kappa shape index (κ2) is 9.47. The van der Waals surface area contributed by atoms with E-state index < -0.39 is 41.6 Å². The normalized spacial score (nSPS) is 19.3. The van der Waals surface area contributed by atoms with Gasteiger partial charge in [-0.1, -0.05) is 6.58 Å². The van der Waals surface area contributed by atoms with Crippen LogP contribution in [0.15, 0.2) is 12.2 Å². The summed E-state index contributed by atoms with van der Waals surface area (Å²) in [4.78, 5) is 40.1. The van der Waals surface area contributed by atoms with Crippen molar-refractivity contribution in [2.75, 3.05) is 27.4 Å². The lowest BCUT2D eigenvalue weighted by atomic mass is 9.98. The van der Waals surface area contributed by atoms with Crippen LogP contribution in [0.5, 0.6) is 0 Å². The molecule has 0 aromatic rings. The molecule has 0 spiro atoms. The standard InChI is InChI=1S/C20H34N2O7/c1-10-27-17(24)21(8)14(11-13(2)16(23)26-9)15-12-28-20(6,7)22(15)18(25)29-19(3,4)5/h14-15H,2,10-12H2,1,3-9H3/t14-,15+/m1/s1. The van der Waals surface area contributed by atoms with Gasteiger partial charge < -0.3 is 23.8 Å². The number of likely N-dealkylation sites (N-methyl/N-ethyl adjacent to an activating group) is 1. The highest BCUT2D eigenvalue weighted by atomic mass is 16.6. The summed E-state index contributed by atoms with van der Waals surface area (Å²) >= 11 is 0. The third kappa shape index (κ3) is 6.35. The molecule has 9 heteroatoms. The zero-order valence-corrected chi connectivity index (χ0v) is 18.7. The van der Waals surface area contributed by atoms with Crippen molar-refractivity contribution in [1.82, 2.24) is 9.80 Å². The Morgan fingerprint density at radius 1 is 1.31 bits per heavy atom. The number of esters is 1. The zero-order chi connectivity index (χ0) is 22.6. The van der Waals surface area contributed by atoms with Gasteiger partial charge in [0.1, 0.15) is 11.3 Å². The molecule has 166 valence electrons. The molecule has 1 aliphatic heterocycles. The topological polar surface area (TPSA) is 94.6 Å². The van der Waals surface area contributed by atoms with Gasteiger partial charge in [0.25, 0.3) is 0 Å². The first kappa shape index (κ1) is 24.7. The van der Waals surface area contributed by atoms with E-state index in [0.717, 1.165) is 0 Å². The lowest BCUT2D eigenvalue weighted by Crippen LogP contribution is -2.57. The van der Waals surface area contributed by atoms with Gasteiger partial charge in [-0.25, -0.2) is 14.4 Å². The molecule has 29 heavy (non-hydrogen) atoms. The number of amides is 2. The van der Waals surface area contributed by atoms with E-state index in [2.05, 4.69) is 6.58 Å². The molecular weight excluding hydrogens is 380 g/mol. The van der Waals surface area contributed by atoms with Gasteiger partial charge in [-0.15, -0.1) is 0 Å². The first-order chi connectivity index (χ1) is 13.2. The van der Waals surface area contributed by atoms with E-state index in [1.807, 2.05) is 0 Å². The number of nitrogens with zero attached hydrogens (tertiary/aromatic N) is 2. The molecule has 0 radical (unpaired) electrons. The van der Waals surface area contributed by atoms with Crippen molar-refractivity contribution in [2.24, 2.45) is 0 Å². The Hall–Kier alpha value is -2.29. The number of methoxy groups -OCH3 is 1. The van der Waals surface area contributed by atoms with E-state index in [-0.39, 0.29) is 25.2 Å². The Balaban J connectivity index is 3.28. The molecule has 1 saturated heterocycles. The largest absolute Gasteiger partial charge is 0.466 e. The van der Waals surface area contributed by atoms with Crippen LogP contribution in [0.1, 0.15) is 48.0 Å². The van der Waals surface area contributed by atoms with E-state index >= 15 is 0 Å². The zero-order valence-electron chi connectivity index (χ0n) is 18.7. The summed E-state index contributed by atoms with van der Waals surface area (Å²) in [6, 6.07) is -1.23. The number of carbonyl (C=O) groups excluding carboxylic acids is 3. The molecule has 1 rings (SSSR count). The molecule has 2 amide bonds. The van der Waals surface area contributed by atoms with Crippen LogP contribution in [-0.2, 0) is 23.7 Å². The fraction of sp³-hybridized carbons (Fsp3) is 0.750. The molecule has 0 saturated carbocycles. The Morgan fingerprint density at radius 3 is 2.38 bits per heavy atom. The van der Waals surface area contributed by atoms with Gasteiger partial charge >= 0.3 is 18.2 Å². The third-order valence-corrected chi connectivity index (χ3v) is 4.54. The first-order valence-corrected chi connectivity index (χ1v) is 9.57. The van der Waals surface area contributed by atoms with Gasteiger partial charge in [0.05, 0.1) is 32.4 Å². The fourth-order valence-electron chi connectivity index (χ4n) is 3.15. The lowest BCUT2D eigenvalue weighted by molar-refractivity contribution is -0.136. The third-order valence-electron chi connectivity index (χ3n) is 4.54. The minimum Gasteiger partial charge on any atom is -0.466 e. The average molecular weight is 414 g/mol. The SMILES string of the molecule is C=C(C[C@H]([C@@H]1COC(C)(C)N1C(=O)OC(C)(C)C)N(C)C(=O)OCC)C(=O)OC. The molecule has 1 aliphatic rings. The quantitative estimate of drug-likeness (QED) is 0.375. The Kier molecular flexibility index (Phi) is 8.08. The predicted octanol–water partition coefficient (Wildman–Crippen LogP) is 2.93. The van der Waals surface area contributed by atoms with Gasteiger partial charge in [-0.3, -0.25) is 4.90 Å². The number of rotatable bonds is 6. The molecular formula is C20H34N2O7. The molecule has 1 heterocycles. The Labute approximate surface area is 172 Å². The summed E-state index contributed by atoms with van der Waals surface area (Å²) in [5.74, 6) is -0.589. The van der Waals surface area contributed by atoms with Crippen LogP contribution in [0.3, 0.4) is 0 Å². The summed E-state index contributed by atoms with van der Waals surface area (Å²) in [5.41, 5.74) is -1.51. The van der Waals surface area contributed by atoms with Gasteiger partial charge in [-0.05, 0) is 41.5 Å². The number of hydrogen-bond donors (Lipinski definition) is 0. The molecule has 1 fully saturated rings. The van der Waals surface area contributed by atoms with Crippen molar-refractivity contribution in [3.63, 3.8) is 0 Å². The molecule has 0 N–H and O–H groups in total. The summed E-state index contributed by atoms with van der Waals surface area (Å²) in [5, 5.41) is 0. The summed E-state index contributed by atoms with van der Waals surface area (Å²) in [6.45, 7) is 14.6. The molecule has 0 unspecified atom stereocenters. The van der Waals surface area contributed by atoms with Crippen molar-refractivity contribution in [3.8, 4) is 0 Å². The molecule has 2 atom stereocenters. The number of carbonyl (C=O) groups is 3. The minimum atomic E-state index is -0.965. The van der Waals surface area contributed by atoms with E-state index in [1.165, 1.54) is 16.9 Å². The maximum Gasteiger partial charge on any atom is 0.412 e. The Bertz CT molecular complexity index is 639. The van der Waals surface area contributed by atoms with Crippen LogP contribution in [0, 0.1) is 0 Å². The highest BCUT2D eigenvalue weighted by molar-refractivity contribution is 5.87. The second-order valence-corrected chi connectivity index (χ2v) is 8.35. The monoisotopic (exact) mass is 414 g/mol. The summed E-state index contributed by atoms with van der Waals surface area (Å²) < 4.78 is 21.2. The van der Waals surface area contributed by atoms with E-state index in [9.17, 15) is 14.4 Å². The molecule has 0 bridgehead atoms. The van der Waals surface area contributed by atoms with Crippen LogP contribution in [0.25, 0.3) is 0 Å². The van der Waals surface area contributed by atoms with E-state index in [1.54, 1.807) is 48.6 Å². The second-order valence-electron chi connectivity index (χ2n) is 8.35. The minimum absolute atomic E-state index is 0.0748. The number of hydrogen-bond acceptors (Lipinski definition) is 7. The van der Waals surface area contributed by atoms with Crippen LogP contribution in [-0.4, -0.2) is 78.7 Å². The van der Waals surface area contributed by atoms with Crippen molar-refractivity contribution < 1.29 is 33.3 Å². The average Bonchev–Trinajstić information content (AvgIpc) is 2.91.